The zero-order valence-electron chi connectivity index (χ0n) is 12.0. The van der Waals surface area contributed by atoms with E-state index in [1.807, 2.05) is 24.4 Å². The Morgan fingerprint density at radius 1 is 1.30 bits per heavy atom. The molecule has 0 saturated heterocycles. The van der Waals surface area contributed by atoms with E-state index in [1.54, 1.807) is 35.4 Å². The van der Waals surface area contributed by atoms with E-state index >= 15 is 0 Å². The third kappa shape index (κ3) is 4.03. The summed E-state index contributed by atoms with van der Waals surface area (Å²) in [7, 11) is 1.80. The first kappa shape index (κ1) is 14.5. The van der Waals surface area contributed by atoms with Gasteiger partial charge < -0.3 is 4.90 Å². The summed E-state index contributed by atoms with van der Waals surface area (Å²) in [6, 6.07) is 8.21. The summed E-state index contributed by atoms with van der Waals surface area (Å²) in [5.74, 6) is -0.0174. The quantitative estimate of drug-likeness (QED) is 0.807. The molecule has 1 amide bonds. The number of aromatic nitrogens is 1. The fraction of sp³-hybridized carbons (Fsp3) is 0.250. The monoisotopic (exact) mass is 286 g/mol. The Morgan fingerprint density at radius 2 is 2.00 bits per heavy atom. The minimum atomic E-state index is -0.0174. The molecule has 4 heteroatoms. The molecule has 1 aromatic heterocycles. The van der Waals surface area contributed by atoms with Gasteiger partial charge in [0.25, 0.3) is 0 Å². The van der Waals surface area contributed by atoms with Crippen LogP contribution >= 0.6 is 11.3 Å². The summed E-state index contributed by atoms with van der Waals surface area (Å²) in [6.45, 7) is 4.62. The predicted octanol–water partition coefficient (Wildman–Crippen LogP) is 3.43. The van der Waals surface area contributed by atoms with E-state index in [2.05, 4.69) is 24.0 Å². The van der Waals surface area contributed by atoms with Crippen LogP contribution in [-0.4, -0.2) is 22.8 Å². The van der Waals surface area contributed by atoms with Crippen LogP contribution in [0.2, 0.25) is 0 Å². The molecule has 0 aliphatic heterocycles. The Kier molecular flexibility index (Phi) is 4.69. The molecule has 0 fully saturated rings. The first-order valence-electron chi connectivity index (χ1n) is 6.45. The van der Waals surface area contributed by atoms with Crippen LogP contribution in [0.5, 0.6) is 0 Å². The molecule has 0 spiro atoms. The SMILES string of the molecule is Cc1ccc(CN(C)C(=O)/C=C/c2csc(C)n2)cc1. The zero-order valence-corrected chi connectivity index (χ0v) is 12.8. The van der Waals surface area contributed by atoms with Crippen LogP contribution in [0.3, 0.4) is 0 Å². The van der Waals surface area contributed by atoms with Gasteiger partial charge in [0.05, 0.1) is 10.7 Å². The van der Waals surface area contributed by atoms with Gasteiger partial charge >= 0.3 is 0 Å². The molecule has 0 aliphatic rings. The molecule has 3 nitrogen and oxygen atoms in total. The third-order valence-corrected chi connectivity index (χ3v) is 3.74. The van der Waals surface area contributed by atoms with Gasteiger partial charge in [-0.05, 0) is 25.5 Å². The number of benzene rings is 1. The highest BCUT2D eigenvalue weighted by Gasteiger charge is 2.06. The number of likely N-dealkylation sites (N-methyl/N-ethyl adjacent to an activating group) is 1. The molecule has 0 saturated carbocycles. The zero-order chi connectivity index (χ0) is 14.5. The Morgan fingerprint density at radius 3 is 2.60 bits per heavy atom. The molecule has 1 aromatic carbocycles. The lowest BCUT2D eigenvalue weighted by Crippen LogP contribution is -2.24. The van der Waals surface area contributed by atoms with Crippen LogP contribution in [-0.2, 0) is 11.3 Å². The van der Waals surface area contributed by atoms with Crippen molar-refractivity contribution in [2.75, 3.05) is 7.05 Å². The Labute approximate surface area is 123 Å². The summed E-state index contributed by atoms with van der Waals surface area (Å²) in [5, 5.41) is 2.95. The van der Waals surface area contributed by atoms with Gasteiger partial charge in [-0.2, -0.15) is 0 Å². The van der Waals surface area contributed by atoms with Crippen LogP contribution in [0.25, 0.3) is 6.08 Å². The second kappa shape index (κ2) is 6.48. The highest BCUT2D eigenvalue weighted by Crippen LogP contribution is 2.10. The number of aryl methyl sites for hydroxylation is 2. The number of carbonyl (C=O) groups is 1. The van der Waals surface area contributed by atoms with E-state index in [1.165, 1.54) is 5.56 Å². The molecular formula is C16H18N2OS. The fourth-order valence-corrected chi connectivity index (χ4v) is 2.37. The van der Waals surface area contributed by atoms with Gasteiger partial charge in [-0.15, -0.1) is 11.3 Å². The summed E-state index contributed by atoms with van der Waals surface area (Å²) >= 11 is 1.58. The number of thiazole rings is 1. The number of amides is 1. The minimum Gasteiger partial charge on any atom is -0.338 e. The van der Waals surface area contributed by atoms with E-state index in [4.69, 9.17) is 0 Å². The molecule has 0 N–H and O–H groups in total. The lowest BCUT2D eigenvalue weighted by molar-refractivity contribution is -0.125. The summed E-state index contributed by atoms with van der Waals surface area (Å²) in [4.78, 5) is 18.0. The third-order valence-electron chi connectivity index (χ3n) is 2.95. The summed E-state index contributed by atoms with van der Waals surface area (Å²) in [5.41, 5.74) is 3.19. The van der Waals surface area contributed by atoms with Crippen LogP contribution in [0.15, 0.2) is 35.7 Å². The van der Waals surface area contributed by atoms with Gasteiger partial charge in [0.15, 0.2) is 0 Å². The van der Waals surface area contributed by atoms with Crippen molar-refractivity contribution in [1.82, 2.24) is 9.88 Å². The van der Waals surface area contributed by atoms with Crippen molar-refractivity contribution in [3.8, 4) is 0 Å². The standard InChI is InChI=1S/C16H18N2OS/c1-12-4-6-14(7-5-12)10-18(3)16(19)9-8-15-11-20-13(2)17-15/h4-9,11H,10H2,1-3H3/b9-8+. The summed E-state index contributed by atoms with van der Waals surface area (Å²) < 4.78 is 0. The number of rotatable bonds is 4. The number of hydrogen-bond donors (Lipinski definition) is 0. The maximum Gasteiger partial charge on any atom is 0.246 e. The van der Waals surface area contributed by atoms with Crippen LogP contribution in [0.1, 0.15) is 21.8 Å². The lowest BCUT2D eigenvalue weighted by Gasteiger charge is -2.15. The van der Waals surface area contributed by atoms with Crippen LogP contribution in [0.4, 0.5) is 0 Å². The number of carbonyl (C=O) groups excluding carboxylic acids is 1. The first-order chi connectivity index (χ1) is 9.54. The average Bonchev–Trinajstić information content (AvgIpc) is 2.84. The van der Waals surface area contributed by atoms with E-state index in [0.29, 0.717) is 6.54 Å². The Balaban J connectivity index is 1.95. The molecule has 0 unspecified atom stereocenters. The molecule has 104 valence electrons. The average molecular weight is 286 g/mol. The normalized spacial score (nSPS) is 10.9. The smallest absolute Gasteiger partial charge is 0.246 e. The molecule has 20 heavy (non-hydrogen) atoms. The van der Waals surface area contributed by atoms with Gasteiger partial charge in [-0.1, -0.05) is 29.8 Å². The molecule has 2 rings (SSSR count). The van der Waals surface area contributed by atoms with E-state index in [-0.39, 0.29) is 5.91 Å². The molecule has 0 bridgehead atoms. The van der Waals surface area contributed by atoms with Gasteiger partial charge in [-0.3, -0.25) is 4.79 Å². The highest BCUT2D eigenvalue weighted by molar-refractivity contribution is 7.09. The van der Waals surface area contributed by atoms with Crippen molar-refractivity contribution in [2.24, 2.45) is 0 Å². The largest absolute Gasteiger partial charge is 0.338 e. The van der Waals surface area contributed by atoms with Crippen molar-refractivity contribution in [3.05, 3.63) is 57.6 Å². The van der Waals surface area contributed by atoms with E-state index in [0.717, 1.165) is 16.3 Å². The molecule has 2 aromatic rings. The fourth-order valence-electron chi connectivity index (χ4n) is 1.79. The van der Waals surface area contributed by atoms with Crippen molar-refractivity contribution in [3.63, 3.8) is 0 Å². The van der Waals surface area contributed by atoms with Gasteiger partial charge in [-0.25, -0.2) is 4.98 Å². The second-order valence-electron chi connectivity index (χ2n) is 4.80. The van der Waals surface area contributed by atoms with Gasteiger partial charge in [0.2, 0.25) is 5.91 Å². The Bertz CT molecular complexity index is 614. The van der Waals surface area contributed by atoms with Crippen LogP contribution < -0.4 is 0 Å². The van der Waals surface area contributed by atoms with E-state index < -0.39 is 0 Å². The summed E-state index contributed by atoms with van der Waals surface area (Å²) in [6.07, 6.45) is 3.33. The number of nitrogens with zero attached hydrogens (tertiary/aromatic N) is 2. The first-order valence-corrected chi connectivity index (χ1v) is 7.33. The minimum absolute atomic E-state index is 0.0174. The molecule has 0 radical (unpaired) electrons. The Hall–Kier alpha value is -1.94. The highest BCUT2D eigenvalue weighted by atomic mass is 32.1. The molecule has 0 aliphatic carbocycles. The maximum atomic E-state index is 12.0. The van der Waals surface area contributed by atoms with Crippen molar-refractivity contribution in [2.45, 2.75) is 20.4 Å². The van der Waals surface area contributed by atoms with Crippen molar-refractivity contribution in [1.29, 1.82) is 0 Å². The topological polar surface area (TPSA) is 33.2 Å². The molecular weight excluding hydrogens is 268 g/mol. The maximum absolute atomic E-state index is 12.0. The van der Waals surface area contributed by atoms with Crippen molar-refractivity contribution < 1.29 is 4.79 Å². The second-order valence-corrected chi connectivity index (χ2v) is 5.87. The predicted molar refractivity (Wildman–Crippen MR) is 83.5 cm³/mol. The van der Waals surface area contributed by atoms with Gasteiger partial charge in [0.1, 0.15) is 0 Å². The number of hydrogen-bond acceptors (Lipinski definition) is 3. The van der Waals surface area contributed by atoms with Crippen LogP contribution in [0, 0.1) is 13.8 Å². The van der Waals surface area contributed by atoms with Gasteiger partial charge in [0, 0.05) is 25.0 Å². The lowest BCUT2D eigenvalue weighted by atomic mass is 10.1. The molecule has 0 atom stereocenters. The molecule has 1 heterocycles. The van der Waals surface area contributed by atoms with E-state index in [9.17, 15) is 4.79 Å². The van der Waals surface area contributed by atoms with Crippen molar-refractivity contribution >= 4 is 23.3 Å².